The molecule has 0 bridgehead atoms. The maximum Gasteiger partial charge on any atom is 0.319 e. The molecule has 2 amide bonds. The summed E-state index contributed by atoms with van der Waals surface area (Å²) >= 11 is 1.56. The lowest BCUT2D eigenvalue weighted by Crippen LogP contribution is -2.41. The number of hydrogen-bond donors (Lipinski definition) is 2. The zero-order valence-electron chi connectivity index (χ0n) is 12.0. The predicted octanol–water partition coefficient (Wildman–Crippen LogP) is 2.35. The fourth-order valence-electron chi connectivity index (χ4n) is 2.13. The van der Waals surface area contributed by atoms with Gasteiger partial charge < -0.3 is 20.1 Å². The minimum absolute atomic E-state index is 0.0823. The van der Waals surface area contributed by atoms with Gasteiger partial charge in [-0.15, -0.1) is 11.3 Å². The van der Waals surface area contributed by atoms with Crippen LogP contribution in [0.25, 0.3) is 10.6 Å². The second-order valence-corrected chi connectivity index (χ2v) is 5.72. The van der Waals surface area contributed by atoms with Crippen molar-refractivity contribution in [2.75, 3.05) is 31.7 Å². The standard InChI is InChI=1S/C15H17N3O3S/c19-15(17-9-13-10-20-5-6-21-13)18-12-3-1-2-11(8-12)14-16-4-7-22-14/h1-4,7-8,13H,5-6,9-10H2,(H2,17,18,19). The Morgan fingerprint density at radius 1 is 1.41 bits per heavy atom. The number of amides is 2. The molecular formula is C15H17N3O3S. The third-order valence-electron chi connectivity index (χ3n) is 3.17. The SMILES string of the molecule is O=C(NCC1COCCO1)Nc1cccc(-c2nccs2)c1. The minimum Gasteiger partial charge on any atom is -0.376 e. The number of benzene rings is 1. The van der Waals surface area contributed by atoms with Crippen molar-refractivity contribution >= 4 is 23.1 Å². The van der Waals surface area contributed by atoms with E-state index in [1.54, 1.807) is 17.5 Å². The van der Waals surface area contributed by atoms with E-state index < -0.39 is 0 Å². The zero-order chi connectivity index (χ0) is 15.2. The van der Waals surface area contributed by atoms with Crippen molar-refractivity contribution in [3.05, 3.63) is 35.8 Å². The van der Waals surface area contributed by atoms with Crippen LogP contribution in [-0.2, 0) is 9.47 Å². The first kappa shape index (κ1) is 15.0. The molecular weight excluding hydrogens is 302 g/mol. The van der Waals surface area contributed by atoms with E-state index in [-0.39, 0.29) is 12.1 Å². The number of ether oxygens (including phenoxy) is 2. The van der Waals surface area contributed by atoms with Crippen LogP contribution in [0.5, 0.6) is 0 Å². The van der Waals surface area contributed by atoms with Gasteiger partial charge in [0.1, 0.15) is 5.01 Å². The molecule has 6 nitrogen and oxygen atoms in total. The van der Waals surface area contributed by atoms with E-state index in [0.29, 0.717) is 26.4 Å². The summed E-state index contributed by atoms with van der Waals surface area (Å²) in [4.78, 5) is 16.2. The Hall–Kier alpha value is -1.96. The quantitative estimate of drug-likeness (QED) is 0.907. The molecule has 1 aliphatic rings. The normalized spacial score (nSPS) is 17.9. The van der Waals surface area contributed by atoms with Crippen LogP contribution in [0, 0.1) is 0 Å². The molecule has 3 rings (SSSR count). The van der Waals surface area contributed by atoms with Gasteiger partial charge in [0.25, 0.3) is 0 Å². The highest BCUT2D eigenvalue weighted by molar-refractivity contribution is 7.13. The molecule has 1 saturated heterocycles. The maximum atomic E-state index is 11.9. The molecule has 1 fully saturated rings. The van der Waals surface area contributed by atoms with Crippen molar-refractivity contribution in [2.45, 2.75) is 6.10 Å². The van der Waals surface area contributed by atoms with Gasteiger partial charge in [-0.1, -0.05) is 12.1 Å². The highest BCUT2D eigenvalue weighted by atomic mass is 32.1. The lowest BCUT2D eigenvalue weighted by atomic mass is 10.2. The van der Waals surface area contributed by atoms with Gasteiger partial charge in [0.15, 0.2) is 0 Å². The fourth-order valence-corrected chi connectivity index (χ4v) is 2.77. The third-order valence-corrected chi connectivity index (χ3v) is 4.00. The molecule has 0 aliphatic carbocycles. The van der Waals surface area contributed by atoms with Gasteiger partial charge in [-0.25, -0.2) is 9.78 Å². The van der Waals surface area contributed by atoms with Crippen LogP contribution in [0.15, 0.2) is 35.8 Å². The largest absolute Gasteiger partial charge is 0.376 e. The van der Waals surface area contributed by atoms with E-state index in [0.717, 1.165) is 16.3 Å². The first-order chi connectivity index (χ1) is 10.8. The first-order valence-corrected chi connectivity index (χ1v) is 7.93. The van der Waals surface area contributed by atoms with E-state index >= 15 is 0 Å². The molecule has 1 aromatic carbocycles. The average molecular weight is 319 g/mol. The average Bonchev–Trinajstić information content (AvgIpc) is 3.09. The summed E-state index contributed by atoms with van der Waals surface area (Å²) in [7, 11) is 0. The summed E-state index contributed by atoms with van der Waals surface area (Å²) in [5.41, 5.74) is 1.71. The number of nitrogens with zero attached hydrogens (tertiary/aromatic N) is 1. The molecule has 1 unspecified atom stereocenters. The molecule has 2 heterocycles. The molecule has 22 heavy (non-hydrogen) atoms. The lowest BCUT2D eigenvalue weighted by molar-refractivity contribution is -0.0852. The number of hydrogen-bond acceptors (Lipinski definition) is 5. The Labute approximate surface area is 132 Å². The number of thiazole rings is 1. The van der Waals surface area contributed by atoms with Crippen molar-refractivity contribution in [1.82, 2.24) is 10.3 Å². The molecule has 0 radical (unpaired) electrons. The second kappa shape index (κ2) is 7.35. The van der Waals surface area contributed by atoms with E-state index in [1.165, 1.54) is 0 Å². The number of anilines is 1. The number of urea groups is 1. The summed E-state index contributed by atoms with van der Waals surface area (Å²) < 4.78 is 10.8. The van der Waals surface area contributed by atoms with Gasteiger partial charge in [-0.3, -0.25) is 0 Å². The fraction of sp³-hybridized carbons (Fsp3) is 0.333. The number of rotatable bonds is 4. The molecule has 2 N–H and O–H groups in total. The molecule has 1 atom stereocenters. The molecule has 116 valence electrons. The van der Waals surface area contributed by atoms with Crippen molar-refractivity contribution < 1.29 is 14.3 Å². The van der Waals surface area contributed by atoms with Crippen molar-refractivity contribution in [3.8, 4) is 10.6 Å². The third kappa shape index (κ3) is 4.03. The van der Waals surface area contributed by atoms with Crippen LogP contribution < -0.4 is 10.6 Å². The van der Waals surface area contributed by atoms with E-state index in [2.05, 4.69) is 15.6 Å². The lowest BCUT2D eigenvalue weighted by Gasteiger charge is -2.23. The van der Waals surface area contributed by atoms with Crippen LogP contribution in [0.1, 0.15) is 0 Å². The summed E-state index contributed by atoms with van der Waals surface area (Å²) in [6, 6.07) is 7.35. The van der Waals surface area contributed by atoms with Crippen LogP contribution >= 0.6 is 11.3 Å². The molecule has 1 aliphatic heterocycles. The Morgan fingerprint density at radius 2 is 2.36 bits per heavy atom. The van der Waals surface area contributed by atoms with Gasteiger partial charge in [-0.05, 0) is 12.1 Å². The summed E-state index contributed by atoms with van der Waals surface area (Å²) in [5.74, 6) is 0. The van der Waals surface area contributed by atoms with Gasteiger partial charge in [0.2, 0.25) is 0 Å². The summed E-state index contributed by atoms with van der Waals surface area (Å²) in [5, 5.41) is 8.45. The highest BCUT2D eigenvalue weighted by Crippen LogP contribution is 2.24. The highest BCUT2D eigenvalue weighted by Gasteiger charge is 2.15. The minimum atomic E-state index is -0.259. The zero-order valence-corrected chi connectivity index (χ0v) is 12.8. The topological polar surface area (TPSA) is 72.5 Å². The van der Waals surface area contributed by atoms with E-state index in [1.807, 2.05) is 29.6 Å². The van der Waals surface area contributed by atoms with Gasteiger partial charge in [0.05, 0.1) is 25.9 Å². The molecule has 1 aromatic heterocycles. The Kier molecular flexibility index (Phi) is 4.99. The van der Waals surface area contributed by atoms with Crippen molar-refractivity contribution in [2.24, 2.45) is 0 Å². The van der Waals surface area contributed by atoms with Crippen LogP contribution in [0.4, 0.5) is 10.5 Å². The molecule has 7 heteroatoms. The van der Waals surface area contributed by atoms with Gasteiger partial charge >= 0.3 is 6.03 Å². The van der Waals surface area contributed by atoms with Gasteiger partial charge in [0, 0.05) is 29.4 Å². The smallest absolute Gasteiger partial charge is 0.319 e. The van der Waals surface area contributed by atoms with E-state index in [4.69, 9.17) is 9.47 Å². The van der Waals surface area contributed by atoms with Crippen molar-refractivity contribution in [1.29, 1.82) is 0 Å². The second-order valence-electron chi connectivity index (χ2n) is 4.82. The number of nitrogens with one attached hydrogen (secondary N) is 2. The maximum absolute atomic E-state index is 11.9. The molecule has 0 saturated carbocycles. The van der Waals surface area contributed by atoms with Gasteiger partial charge in [-0.2, -0.15) is 0 Å². The van der Waals surface area contributed by atoms with Crippen molar-refractivity contribution in [3.63, 3.8) is 0 Å². The number of aromatic nitrogens is 1. The molecule has 2 aromatic rings. The Balaban J connectivity index is 1.54. The van der Waals surface area contributed by atoms with E-state index in [9.17, 15) is 4.79 Å². The Morgan fingerprint density at radius 3 is 3.14 bits per heavy atom. The van der Waals surface area contributed by atoms with Crippen LogP contribution in [0.3, 0.4) is 0 Å². The van der Waals surface area contributed by atoms with Crippen LogP contribution in [-0.4, -0.2) is 43.5 Å². The Bertz CT molecular complexity index is 612. The predicted molar refractivity (Wildman–Crippen MR) is 85.1 cm³/mol. The summed E-state index contributed by atoms with van der Waals surface area (Å²) in [6.07, 6.45) is 1.68. The number of carbonyl (C=O) groups is 1. The number of carbonyl (C=O) groups excluding carboxylic acids is 1. The summed E-state index contributed by atoms with van der Waals surface area (Å²) in [6.45, 7) is 2.13. The first-order valence-electron chi connectivity index (χ1n) is 7.05. The monoisotopic (exact) mass is 319 g/mol. The molecule has 0 spiro atoms. The van der Waals surface area contributed by atoms with Crippen LogP contribution in [0.2, 0.25) is 0 Å².